The molecule has 1 aromatic rings. The minimum atomic E-state index is -1.12. The number of carboxylic acids is 1. The minimum absolute atomic E-state index is 0.0148. The Labute approximate surface area is 169 Å². The number of hydrogen-bond acceptors (Lipinski definition) is 5. The predicted octanol–water partition coefficient (Wildman–Crippen LogP) is 2.94. The summed E-state index contributed by atoms with van der Waals surface area (Å²) in [5.41, 5.74) is 0.823. The number of rotatable bonds is 10. The molecule has 28 heavy (non-hydrogen) atoms. The second-order valence-electron chi connectivity index (χ2n) is 6.84. The highest BCUT2D eigenvalue weighted by molar-refractivity contribution is 7.99. The van der Waals surface area contributed by atoms with Crippen LogP contribution < -0.4 is 10.6 Å². The van der Waals surface area contributed by atoms with E-state index in [2.05, 4.69) is 10.6 Å². The number of carboxylic acid groups (broad SMARTS) is 1. The number of carbonyl (C=O) groups excluding carboxylic acids is 2. The number of alkyl carbamates (subject to hydrolysis) is 1. The predicted molar refractivity (Wildman–Crippen MR) is 108 cm³/mol. The Bertz CT molecular complexity index is 635. The second kappa shape index (κ2) is 12.3. The highest BCUT2D eigenvalue weighted by Gasteiger charge is 2.21. The monoisotopic (exact) mass is 408 g/mol. The zero-order valence-electron chi connectivity index (χ0n) is 15.9. The Hall–Kier alpha value is -2.22. The van der Waals surface area contributed by atoms with Crippen molar-refractivity contribution in [3.63, 3.8) is 0 Å². The van der Waals surface area contributed by atoms with Crippen LogP contribution in [0.4, 0.5) is 4.79 Å². The van der Waals surface area contributed by atoms with Gasteiger partial charge in [0, 0.05) is 6.04 Å². The van der Waals surface area contributed by atoms with Crippen LogP contribution in [0.15, 0.2) is 30.3 Å². The molecule has 0 bridgehead atoms. The first-order chi connectivity index (χ1) is 13.5. The maximum Gasteiger partial charge on any atom is 0.408 e. The van der Waals surface area contributed by atoms with Crippen LogP contribution in [-0.2, 0) is 20.9 Å². The molecule has 1 aliphatic carbocycles. The summed E-state index contributed by atoms with van der Waals surface area (Å²) < 4.78 is 5.05. The molecule has 3 N–H and O–H groups in total. The zero-order valence-corrected chi connectivity index (χ0v) is 16.7. The molecule has 1 aromatic carbocycles. The standard InChI is InChI=1S/C20H28N2O5S/c23-18(21-16-9-5-2-6-10-16)14-28-12-11-17(19(24)25)22-20(26)27-13-15-7-3-1-4-8-15/h1,3-4,7-8,16-17H,2,5-6,9-14H2,(H,21,23)(H,22,26)(H,24,25). The third-order valence-electron chi connectivity index (χ3n) is 4.56. The quantitative estimate of drug-likeness (QED) is 0.514. The fourth-order valence-electron chi connectivity index (χ4n) is 3.05. The molecule has 1 fully saturated rings. The normalized spacial score (nSPS) is 15.4. The number of hydrogen-bond donors (Lipinski definition) is 3. The van der Waals surface area contributed by atoms with Gasteiger partial charge in [-0.2, -0.15) is 11.8 Å². The van der Waals surface area contributed by atoms with Gasteiger partial charge in [-0.05, 0) is 30.6 Å². The minimum Gasteiger partial charge on any atom is -0.480 e. The van der Waals surface area contributed by atoms with Gasteiger partial charge in [-0.3, -0.25) is 4.79 Å². The van der Waals surface area contributed by atoms with Crippen molar-refractivity contribution in [2.24, 2.45) is 0 Å². The summed E-state index contributed by atoms with van der Waals surface area (Å²) >= 11 is 1.37. The summed E-state index contributed by atoms with van der Waals surface area (Å²) in [6, 6.07) is 8.38. The number of amides is 2. The third kappa shape index (κ3) is 8.65. The molecule has 0 aromatic heterocycles. The number of benzene rings is 1. The van der Waals surface area contributed by atoms with Crippen LogP contribution in [0.25, 0.3) is 0 Å². The molecule has 154 valence electrons. The molecule has 8 heteroatoms. The van der Waals surface area contributed by atoms with Crippen LogP contribution >= 0.6 is 11.8 Å². The van der Waals surface area contributed by atoms with Crippen LogP contribution in [0.1, 0.15) is 44.1 Å². The molecule has 1 atom stereocenters. The summed E-state index contributed by atoms with van der Waals surface area (Å²) in [7, 11) is 0. The topological polar surface area (TPSA) is 105 Å². The molecule has 1 unspecified atom stereocenters. The van der Waals surface area contributed by atoms with Crippen molar-refractivity contribution in [2.45, 2.75) is 57.2 Å². The van der Waals surface area contributed by atoms with Gasteiger partial charge in [0.2, 0.25) is 5.91 Å². The summed E-state index contributed by atoms with van der Waals surface area (Å²) in [6.45, 7) is 0.0785. The number of nitrogens with one attached hydrogen (secondary N) is 2. The van der Waals surface area contributed by atoms with E-state index >= 15 is 0 Å². The Morgan fingerprint density at radius 2 is 1.86 bits per heavy atom. The molecule has 2 amide bonds. The SMILES string of the molecule is O=C(CSCCC(NC(=O)OCc1ccccc1)C(=O)O)NC1CCCCC1. The van der Waals surface area contributed by atoms with E-state index in [9.17, 15) is 19.5 Å². The van der Waals surface area contributed by atoms with E-state index in [0.717, 1.165) is 31.2 Å². The lowest BCUT2D eigenvalue weighted by molar-refractivity contribution is -0.139. The van der Waals surface area contributed by atoms with Gasteiger partial charge in [-0.1, -0.05) is 49.6 Å². The smallest absolute Gasteiger partial charge is 0.408 e. The highest BCUT2D eigenvalue weighted by atomic mass is 32.2. The fourth-order valence-corrected chi connectivity index (χ4v) is 3.86. The highest BCUT2D eigenvalue weighted by Crippen LogP contribution is 2.17. The van der Waals surface area contributed by atoms with E-state index in [1.807, 2.05) is 30.3 Å². The van der Waals surface area contributed by atoms with Crippen LogP contribution in [-0.4, -0.2) is 46.7 Å². The molecule has 7 nitrogen and oxygen atoms in total. The van der Waals surface area contributed by atoms with E-state index in [1.165, 1.54) is 18.2 Å². The Kier molecular flexibility index (Phi) is 9.68. The van der Waals surface area contributed by atoms with Gasteiger partial charge in [0.25, 0.3) is 0 Å². The van der Waals surface area contributed by atoms with Gasteiger partial charge < -0.3 is 20.5 Å². The Balaban J connectivity index is 1.62. The average Bonchev–Trinajstić information content (AvgIpc) is 2.70. The molecule has 2 rings (SSSR count). The summed E-state index contributed by atoms with van der Waals surface area (Å²) in [5.74, 6) is -0.391. The van der Waals surface area contributed by atoms with E-state index < -0.39 is 18.1 Å². The molecule has 0 aliphatic heterocycles. The second-order valence-corrected chi connectivity index (χ2v) is 7.95. The van der Waals surface area contributed by atoms with Crippen molar-refractivity contribution >= 4 is 29.7 Å². The lowest BCUT2D eigenvalue weighted by atomic mass is 9.95. The van der Waals surface area contributed by atoms with Gasteiger partial charge in [0.05, 0.1) is 5.75 Å². The van der Waals surface area contributed by atoms with Gasteiger partial charge in [-0.15, -0.1) is 0 Å². The maximum atomic E-state index is 11.9. The molecule has 1 aliphatic rings. The Morgan fingerprint density at radius 3 is 2.54 bits per heavy atom. The lowest BCUT2D eigenvalue weighted by Crippen LogP contribution is -2.41. The third-order valence-corrected chi connectivity index (χ3v) is 5.55. The summed E-state index contributed by atoms with van der Waals surface area (Å²) in [6.07, 6.45) is 5.07. The molecular weight excluding hydrogens is 380 g/mol. The average molecular weight is 409 g/mol. The van der Waals surface area contributed by atoms with E-state index in [-0.39, 0.29) is 25.0 Å². The van der Waals surface area contributed by atoms with Crippen LogP contribution in [0.2, 0.25) is 0 Å². The van der Waals surface area contributed by atoms with E-state index in [1.54, 1.807) is 0 Å². The van der Waals surface area contributed by atoms with Crippen molar-refractivity contribution in [1.82, 2.24) is 10.6 Å². The van der Waals surface area contributed by atoms with Gasteiger partial charge >= 0.3 is 12.1 Å². The first kappa shape index (κ1) is 22.1. The fraction of sp³-hybridized carbons (Fsp3) is 0.550. The number of ether oxygens (including phenoxy) is 1. The van der Waals surface area contributed by atoms with Crippen LogP contribution in [0.5, 0.6) is 0 Å². The summed E-state index contributed by atoms with van der Waals surface area (Å²) in [5, 5.41) is 14.7. The maximum absolute atomic E-state index is 11.9. The number of carbonyl (C=O) groups is 3. The largest absolute Gasteiger partial charge is 0.480 e. The first-order valence-electron chi connectivity index (χ1n) is 9.61. The van der Waals surface area contributed by atoms with Crippen molar-refractivity contribution in [1.29, 1.82) is 0 Å². The lowest BCUT2D eigenvalue weighted by Gasteiger charge is -2.22. The molecule has 0 spiro atoms. The number of thioether (sulfide) groups is 1. The van der Waals surface area contributed by atoms with Crippen LogP contribution in [0.3, 0.4) is 0 Å². The van der Waals surface area contributed by atoms with E-state index in [0.29, 0.717) is 11.5 Å². The first-order valence-corrected chi connectivity index (χ1v) is 10.8. The molecular formula is C20H28N2O5S. The molecule has 0 radical (unpaired) electrons. The summed E-state index contributed by atoms with van der Waals surface area (Å²) in [4.78, 5) is 35.1. The molecule has 1 saturated carbocycles. The van der Waals surface area contributed by atoms with Gasteiger partial charge in [0.15, 0.2) is 0 Å². The molecule has 0 heterocycles. The van der Waals surface area contributed by atoms with Gasteiger partial charge in [0.1, 0.15) is 12.6 Å². The van der Waals surface area contributed by atoms with Gasteiger partial charge in [-0.25, -0.2) is 9.59 Å². The molecule has 0 saturated heterocycles. The van der Waals surface area contributed by atoms with Crippen molar-refractivity contribution in [3.8, 4) is 0 Å². The zero-order chi connectivity index (χ0) is 20.2. The van der Waals surface area contributed by atoms with Crippen molar-refractivity contribution in [2.75, 3.05) is 11.5 Å². The van der Waals surface area contributed by atoms with Crippen molar-refractivity contribution < 1.29 is 24.2 Å². The number of aliphatic carboxylic acids is 1. The van der Waals surface area contributed by atoms with Crippen LogP contribution in [0, 0.1) is 0 Å². The Morgan fingerprint density at radius 1 is 1.14 bits per heavy atom. The van der Waals surface area contributed by atoms with Crippen molar-refractivity contribution in [3.05, 3.63) is 35.9 Å². The van der Waals surface area contributed by atoms with E-state index in [4.69, 9.17) is 4.74 Å².